The van der Waals surface area contributed by atoms with Gasteiger partial charge in [0.15, 0.2) is 0 Å². The van der Waals surface area contributed by atoms with E-state index in [2.05, 4.69) is 62.6 Å². The van der Waals surface area contributed by atoms with E-state index in [1.165, 1.54) is 0 Å². The fraction of sp³-hybridized carbons (Fsp3) is 0.786. The molecule has 18 heavy (non-hydrogen) atoms. The molecule has 2 unspecified atom stereocenters. The molecule has 0 saturated heterocycles. The van der Waals surface area contributed by atoms with Gasteiger partial charge in [0.05, 0.1) is 22.5 Å². The number of halogens is 1. The number of aromatic nitrogens is 2. The molecule has 2 atom stereocenters. The third-order valence-electron chi connectivity index (χ3n) is 3.65. The third-order valence-corrected chi connectivity index (χ3v) is 4.26. The van der Waals surface area contributed by atoms with E-state index in [4.69, 9.17) is 0 Å². The summed E-state index contributed by atoms with van der Waals surface area (Å²) in [4.78, 5) is 0. The van der Waals surface area contributed by atoms with Gasteiger partial charge in [0.2, 0.25) is 0 Å². The maximum atomic E-state index is 10.5. The Morgan fingerprint density at radius 1 is 1.33 bits per heavy atom. The molecule has 1 heterocycles. The molecule has 0 spiro atoms. The lowest BCUT2D eigenvalue weighted by molar-refractivity contribution is 0.102. The van der Waals surface area contributed by atoms with Crippen LogP contribution in [0.3, 0.4) is 0 Å². The minimum Gasteiger partial charge on any atom is -0.387 e. The molecule has 1 N–H and O–H groups in total. The van der Waals surface area contributed by atoms with Crippen molar-refractivity contribution in [2.24, 2.45) is 11.3 Å². The van der Waals surface area contributed by atoms with Gasteiger partial charge in [0.1, 0.15) is 0 Å². The van der Waals surface area contributed by atoms with Crippen LogP contribution < -0.4 is 0 Å². The Morgan fingerprint density at radius 3 is 2.33 bits per heavy atom. The molecular formula is C14H25BrN2O. The molecule has 0 aliphatic carbocycles. The molecule has 3 nitrogen and oxygen atoms in total. The van der Waals surface area contributed by atoms with Crippen molar-refractivity contribution in [1.29, 1.82) is 0 Å². The lowest BCUT2D eigenvalue weighted by Gasteiger charge is -2.29. The van der Waals surface area contributed by atoms with Crippen molar-refractivity contribution < 1.29 is 5.11 Å². The standard InChI is InChI=1S/C14H25BrN2O/c1-9(2)17-13(11(15)8-16-17)12(18)7-10(3)14(4,5)6/h8-10,12,18H,7H2,1-6H3. The van der Waals surface area contributed by atoms with Gasteiger partial charge in [-0.05, 0) is 47.5 Å². The summed E-state index contributed by atoms with van der Waals surface area (Å²) in [5, 5.41) is 14.8. The van der Waals surface area contributed by atoms with Crippen LogP contribution in [0.5, 0.6) is 0 Å². The van der Waals surface area contributed by atoms with Crippen molar-refractivity contribution in [1.82, 2.24) is 9.78 Å². The molecule has 0 amide bonds. The monoisotopic (exact) mass is 316 g/mol. The Balaban J connectivity index is 2.91. The van der Waals surface area contributed by atoms with Gasteiger partial charge in [-0.2, -0.15) is 5.10 Å². The predicted molar refractivity (Wildman–Crippen MR) is 78.5 cm³/mol. The first-order valence-corrected chi connectivity index (χ1v) is 7.34. The van der Waals surface area contributed by atoms with E-state index in [1.54, 1.807) is 6.20 Å². The van der Waals surface area contributed by atoms with E-state index in [-0.39, 0.29) is 11.5 Å². The molecule has 0 radical (unpaired) electrons. The second kappa shape index (κ2) is 5.74. The van der Waals surface area contributed by atoms with Gasteiger partial charge < -0.3 is 5.11 Å². The summed E-state index contributed by atoms with van der Waals surface area (Å²) in [5.74, 6) is 0.440. The first-order valence-electron chi connectivity index (χ1n) is 6.55. The number of nitrogens with zero attached hydrogens (tertiary/aromatic N) is 2. The molecule has 1 aromatic rings. The second-order valence-electron chi connectivity index (χ2n) is 6.43. The molecule has 0 fully saturated rings. The van der Waals surface area contributed by atoms with Crippen molar-refractivity contribution in [3.8, 4) is 0 Å². The predicted octanol–water partition coefficient (Wildman–Crippen LogP) is 4.33. The molecule has 0 bridgehead atoms. The summed E-state index contributed by atoms with van der Waals surface area (Å²) in [6.07, 6.45) is 2.04. The quantitative estimate of drug-likeness (QED) is 0.897. The van der Waals surface area contributed by atoms with E-state index < -0.39 is 6.10 Å². The van der Waals surface area contributed by atoms with Gasteiger partial charge >= 0.3 is 0 Å². The van der Waals surface area contributed by atoms with E-state index in [1.807, 2.05) is 4.68 Å². The Bertz CT molecular complexity index is 393. The highest BCUT2D eigenvalue weighted by Crippen LogP contribution is 2.35. The van der Waals surface area contributed by atoms with Crippen LogP contribution in [0.15, 0.2) is 10.7 Å². The number of rotatable bonds is 4. The Labute approximate surface area is 119 Å². The molecule has 104 valence electrons. The zero-order valence-electron chi connectivity index (χ0n) is 12.2. The van der Waals surface area contributed by atoms with Gasteiger partial charge in [0, 0.05) is 6.04 Å². The van der Waals surface area contributed by atoms with Crippen LogP contribution in [-0.2, 0) is 0 Å². The number of aliphatic hydroxyl groups is 1. The van der Waals surface area contributed by atoms with Crippen LogP contribution in [0.4, 0.5) is 0 Å². The van der Waals surface area contributed by atoms with E-state index in [0.717, 1.165) is 16.6 Å². The van der Waals surface area contributed by atoms with Gasteiger partial charge in [-0.25, -0.2) is 0 Å². The molecule has 4 heteroatoms. The van der Waals surface area contributed by atoms with Crippen LogP contribution in [0.25, 0.3) is 0 Å². The molecule has 0 saturated carbocycles. The minimum absolute atomic E-state index is 0.205. The third kappa shape index (κ3) is 3.58. The summed E-state index contributed by atoms with van der Waals surface area (Å²) in [7, 11) is 0. The minimum atomic E-state index is -0.474. The van der Waals surface area contributed by atoms with Crippen LogP contribution in [0.2, 0.25) is 0 Å². The average molecular weight is 317 g/mol. The SMILES string of the molecule is CC(C)n1ncc(Br)c1C(O)CC(C)C(C)(C)C. The van der Waals surface area contributed by atoms with Crippen LogP contribution >= 0.6 is 15.9 Å². The fourth-order valence-electron chi connectivity index (χ4n) is 1.87. The van der Waals surface area contributed by atoms with Crippen molar-refractivity contribution >= 4 is 15.9 Å². The topological polar surface area (TPSA) is 38.0 Å². The average Bonchev–Trinajstić information content (AvgIpc) is 2.58. The van der Waals surface area contributed by atoms with Crippen LogP contribution in [0, 0.1) is 11.3 Å². The normalized spacial score (nSPS) is 16.1. The van der Waals surface area contributed by atoms with Crippen LogP contribution in [0.1, 0.15) is 65.8 Å². The largest absolute Gasteiger partial charge is 0.387 e. The Kier molecular flexibility index (Phi) is 5.01. The lowest BCUT2D eigenvalue weighted by atomic mass is 9.78. The molecule has 0 aliphatic heterocycles. The van der Waals surface area contributed by atoms with E-state index >= 15 is 0 Å². The summed E-state index contributed by atoms with van der Waals surface area (Å²) in [6.45, 7) is 13.0. The Hall–Kier alpha value is -0.350. The van der Waals surface area contributed by atoms with Gasteiger partial charge in [-0.3, -0.25) is 4.68 Å². The maximum Gasteiger partial charge on any atom is 0.0971 e. The highest BCUT2D eigenvalue weighted by atomic mass is 79.9. The maximum absolute atomic E-state index is 10.5. The fourth-order valence-corrected chi connectivity index (χ4v) is 2.41. The lowest BCUT2D eigenvalue weighted by Crippen LogP contribution is -2.21. The summed E-state index contributed by atoms with van der Waals surface area (Å²) < 4.78 is 2.79. The highest BCUT2D eigenvalue weighted by molar-refractivity contribution is 9.10. The molecular weight excluding hydrogens is 292 g/mol. The van der Waals surface area contributed by atoms with Crippen LogP contribution in [-0.4, -0.2) is 14.9 Å². The number of aliphatic hydroxyl groups excluding tert-OH is 1. The number of hydrogen-bond donors (Lipinski definition) is 1. The Morgan fingerprint density at radius 2 is 1.89 bits per heavy atom. The summed E-state index contributed by atoms with van der Waals surface area (Å²) in [5.41, 5.74) is 1.09. The van der Waals surface area contributed by atoms with E-state index in [9.17, 15) is 5.11 Å². The second-order valence-corrected chi connectivity index (χ2v) is 7.29. The van der Waals surface area contributed by atoms with Crippen molar-refractivity contribution in [2.75, 3.05) is 0 Å². The van der Waals surface area contributed by atoms with Gasteiger partial charge in [0.25, 0.3) is 0 Å². The number of hydrogen-bond acceptors (Lipinski definition) is 2. The van der Waals surface area contributed by atoms with Crippen molar-refractivity contribution in [2.45, 2.75) is 60.1 Å². The van der Waals surface area contributed by atoms with Gasteiger partial charge in [-0.15, -0.1) is 0 Å². The molecule has 0 aliphatic rings. The van der Waals surface area contributed by atoms with Gasteiger partial charge in [-0.1, -0.05) is 27.7 Å². The highest BCUT2D eigenvalue weighted by Gasteiger charge is 2.26. The summed E-state index contributed by atoms with van der Waals surface area (Å²) >= 11 is 3.48. The first-order chi connectivity index (χ1) is 8.14. The molecule has 1 aromatic heterocycles. The zero-order chi connectivity index (χ0) is 14.1. The summed E-state index contributed by atoms with van der Waals surface area (Å²) in [6, 6.07) is 0.255. The smallest absolute Gasteiger partial charge is 0.0971 e. The first kappa shape index (κ1) is 15.7. The molecule has 1 rings (SSSR count). The molecule has 0 aromatic carbocycles. The van der Waals surface area contributed by atoms with Crippen molar-refractivity contribution in [3.63, 3.8) is 0 Å². The van der Waals surface area contributed by atoms with Crippen molar-refractivity contribution in [3.05, 3.63) is 16.4 Å². The van der Waals surface area contributed by atoms with E-state index in [0.29, 0.717) is 5.92 Å². The zero-order valence-corrected chi connectivity index (χ0v) is 13.8.